The Kier molecular flexibility index (Phi) is 6.99. The smallest absolute Gasteiger partial charge is 0.326 e. The second-order valence-corrected chi connectivity index (χ2v) is 8.10. The Morgan fingerprint density at radius 3 is 2.15 bits per heavy atom. The van der Waals surface area contributed by atoms with Gasteiger partial charge in [0.2, 0.25) is 0 Å². The van der Waals surface area contributed by atoms with Crippen molar-refractivity contribution in [3.63, 3.8) is 0 Å². The van der Waals surface area contributed by atoms with Gasteiger partial charge in [-0.1, -0.05) is 78.3 Å². The zero-order chi connectivity index (χ0) is 24.1. The molecule has 34 heavy (non-hydrogen) atoms. The van der Waals surface area contributed by atoms with Crippen LogP contribution in [0.15, 0.2) is 91.1 Å². The molecule has 3 aromatic carbocycles. The molecule has 0 aliphatic rings. The molecule has 0 bridgehead atoms. The van der Waals surface area contributed by atoms with Gasteiger partial charge in [-0.05, 0) is 40.5 Å². The topological polar surface area (TPSA) is 79.3 Å². The summed E-state index contributed by atoms with van der Waals surface area (Å²) in [6.07, 6.45) is 1.58. The van der Waals surface area contributed by atoms with E-state index in [1.807, 2.05) is 54.6 Å². The van der Waals surface area contributed by atoms with Crippen LogP contribution >= 0.6 is 11.6 Å². The first-order chi connectivity index (χ1) is 16.4. The fourth-order valence-electron chi connectivity index (χ4n) is 3.51. The van der Waals surface area contributed by atoms with Crippen LogP contribution in [0.5, 0.6) is 0 Å². The third kappa shape index (κ3) is 5.47. The van der Waals surface area contributed by atoms with Gasteiger partial charge in [-0.25, -0.2) is 9.18 Å². The monoisotopic (exact) mass is 474 g/mol. The predicted octanol–water partition coefficient (Wildman–Crippen LogP) is 5.63. The summed E-state index contributed by atoms with van der Waals surface area (Å²) in [6.45, 7) is 0. The summed E-state index contributed by atoms with van der Waals surface area (Å²) in [5, 5.41) is 12.1. The average Bonchev–Trinajstić information content (AvgIpc) is 2.86. The quantitative estimate of drug-likeness (QED) is 0.363. The van der Waals surface area contributed by atoms with Crippen molar-refractivity contribution in [1.29, 1.82) is 0 Å². The van der Waals surface area contributed by atoms with Crippen LogP contribution in [0.4, 0.5) is 4.39 Å². The summed E-state index contributed by atoms with van der Waals surface area (Å²) in [4.78, 5) is 28.5. The van der Waals surface area contributed by atoms with E-state index < -0.39 is 23.7 Å². The van der Waals surface area contributed by atoms with E-state index in [4.69, 9.17) is 11.6 Å². The normalized spacial score (nSPS) is 11.6. The zero-order valence-corrected chi connectivity index (χ0v) is 18.7. The van der Waals surface area contributed by atoms with Crippen molar-refractivity contribution < 1.29 is 19.1 Å². The van der Waals surface area contributed by atoms with E-state index in [0.29, 0.717) is 11.1 Å². The molecule has 0 fully saturated rings. The number of amides is 1. The number of nitrogens with zero attached hydrogens (tertiary/aromatic N) is 1. The van der Waals surface area contributed by atoms with Gasteiger partial charge in [-0.3, -0.25) is 9.78 Å². The van der Waals surface area contributed by atoms with Gasteiger partial charge in [0.05, 0.1) is 5.02 Å². The molecule has 0 unspecified atom stereocenters. The molecule has 5 nitrogen and oxygen atoms in total. The number of rotatable bonds is 7. The Morgan fingerprint density at radius 1 is 0.882 bits per heavy atom. The summed E-state index contributed by atoms with van der Waals surface area (Å²) in [5.74, 6) is -2.26. The van der Waals surface area contributed by atoms with Gasteiger partial charge in [0.1, 0.15) is 17.6 Å². The van der Waals surface area contributed by atoms with Crippen LogP contribution in [0.3, 0.4) is 0 Å². The van der Waals surface area contributed by atoms with Gasteiger partial charge in [-0.15, -0.1) is 0 Å². The molecule has 1 atom stereocenters. The van der Waals surface area contributed by atoms with E-state index in [9.17, 15) is 19.1 Å². The molecule has 0 saturated carbocycles. The fourth-order valence-corrected chi connectivity index (χ4v) is 3.69. The lowest BCUT2D eigenvalue weighted by Crippen LogP contribution is -2.42. The molecule has 4 rings (SSSR count). The van der Waals surface area contributed by atoms with Gasteiger partial charge in [0, 0.05) is 18.2 Å². The molecule has 0 aliphatic carbocycles. The number of pyridine rings is 1. The molecule has 0 spiro atoms. The lowest BCUT2D eigenvalue weighted by atomic mass is 10.0. The number of carbonyl (C=O) groups excluding carboxylic acids is 1. The number of carbonyl (C=O) groups is 2. The number of hydrogen-bond donors (Lipinski definition) is 2. The number of nitrogens with one attached hydrogen (secondary N) is 1. The van der Waals surface area contributed by atoms with E-state index in [1.165, 1.54) is 24.4 Å². The maximum atomic E-state index is 13.4. The molecular formula is C27H20ClFN2O3. The molecule has 1 amide bonds. The summed E-state index contributed by atoms with van der Waals surface area (Å²) < 4.78 is 13.4. The Labute approximate surface area is 200 Å². The third-order valence-electron chi connectivity index (χ3n) is 5.35. The molecule has 170 valence electrons. The molecule has 1 heterocycles. The van der Waals surface area contributed by atoms with E-state index >= 15 is 0 Å². The minimum atomic E-state index is -1.14. The van der Waals surface area contributed by atoms with Crippen LogP contribution in [-0.2, 0) is 11.2 Å². The third-order valence-corrected chi connectivity index (χ3v) is 5.64. The minimum Gasteiger partial charge on any atom is -0.480 e. The molecular weight excluding hydrogens is 455 g/mol. The number of carboxylic acid groups (broad SMARTS) is 1. The summed E-state index contributed by atoms with van der Waals surface area (Å²) >= 11 is 5.82. The Bertz CT molecular complexity index is 1310. The van der Waals surface area contributed by atoms with Gasteiger partial charge >= 0.3 is 5.97 Å². The predicted molar refractivity (Wildman–Crippen MR) is 129 cm³/mol. The van der Waals surface area contributed by atoms with Crippen LogP contribution in [0, 0.1) is 5.82 Å². The van der Waals surface area contributed by atoms with Crippen LogP contribution in [0.2, 0.25) is 5.02 Å². The Morgan fingerprint density at radius 2 is 1.53 bits per heavy atom. The molecule has 7 heteroatoms. The summed E-state index contributed by atoms with van der Waals surface area (Å²) in [5.41, 5.74) is 4.23. The van der Waals surface area contributed by atoms with Gasteiger partial charge in [0.15, 0.2) is 0 Å². The average molecular weight is 475 g/mol. The SMILES string of the molecule is O=C(N[C@@H](Cc1ccc(-c2ccccc2)cc1)C(=O)O)c1ccc(-c2ccc(F)c(Cl)c2)cn1. The highest BCUT2D eigenvalue weighted by Crippen LogP contribution is 2.24. The first-order valence-electron chi connectivity index (χ1n) is 10.5. The second kappa shape index (κ2) is 10.3. The van der Waals surface area contributed by atoms with Gasteiger partial charge in [0.25, 0.3) is 5.91 Å². The maximum absolute atomic E-state index is 13.4. The van der Waals surface area contributed by atoms with Crippen LogP contribution in [0.1, 0.15) is 16.1 Å². The number of benzene rings is 3. The van der Waals surface area contributed by atoms with Gasteiger partial charge in [-0.2, -0.15) is 0 Å². The van der Waals surface area contributed by atoms with Crippen molar-refractivity contribution in [2.75, 3.05) is 0 Å². The molecule has 0 aliphatic heterocycles. The summed E-state index contributed by atoms with van der Waals surface area (Å²) in [6, 6.07) is 23.7. The van der Waals surface area contributed by atoms with E-state index in [-0.39, 0.29) is 17.1 Å². The lowest BCUT2D eigenvalue weighted by Gasteiger charge is -2.15. The molecule has 4 aromatic rings. The van der Waals surface area contributed by atoms with Crippen LogP contribution < -0.4 is 5.32 Å². The van der Waals surface area contributed by atoms with Crippen molar-refractivity contribution in [2.24, 2.45) is 0 Å². The maximum Gasteiger partial charge on any atom is 0.326 e. The van der Waals surface area contributed by atoms with Crippen molar-refractivity contribution in [3.8, 4) is 22.3 Å². The van der Waals surface area contributed by atoms with Crippen LogP contribution in [-0.4, -0.2) is 28.0 Å². The second-order valence-electron chi connectivity index (χ2n) is 7.69. The highest BCUT2D eigenvalue weighted by Gasteiger charge is 2.22. The van der Waals surface area contributed by atoms with E-state index in [0.717, 1.165) is 16.7 Å². The fraction of sp³-hybridized carbons (Fsp3) is 0.0741. The highest BCUT2D eigenvalue weighted by molar-refractivity contribution is 6.31. The van der Waals surface area contributed by atoms with Crippen LogP contribution in [0.25, 0.3) is 22.3 Å². The van der Waals surface area contributed by atoms with Crippen molar-refractivity contribution in [3.05, 3.63) is 113 Å². The van der Waals surface area contributed by atoms with E-state index in [2.05, 4.69) is 10.3 Å². The molecule has 0 radical (unpaired) electrons. The first kappa shape index (κ1) is 23.1. The first-order valence-corrected chi connectivity index (χ1v) is 10.9. The standard InChI is InChI=1S/C27H20ClFN2O3/c28-22-15-20(10-12-23(22)29)21-11-13-24(30-16-21)26(32)31-25(27(33)34)14-17-6-8-19(9-7-17)18-4-2-1-3-5-18/h1-13,15-16,25H,14H2,(H,31,32)(H,33,34)/t25-/m0/s1. The number of carboxylic acids is 1. The molecule has 0 saturated heterocycles. The lowest BCUT2D eigenvalue weighted by molar-refractivity contribution is -0.139. The number of halogens is 2. The highest BCUT2D eigenvalue weighted by atomic mass is 35.5. The number of hydrogen-bond acceptors (Lipinski definition) is 3. The zero-order valence-electron chi connectivity index (χ0n) is 17.9. The van der Waals surface area contributed by atoms with Gasteiger partial charge < -0.3 is 10.4 Å². The van der Waals surface area contributed by atoms with Crippen molar-refractivity contribution in [2.45, 2.75) is 12.5 Å². The van der Waals surface area contributed by atoms with Crippen molar-refractivity contribution in [1.82, 2.24) is 10.3 Å². The number of aliphatic carboxylic acids is 1. The number of aromatic nitrogens is 1. The minimum absolute atomic E-state index is 0.0135. The Balaban J connectivity index is 1.43. The Hall–Kier alpha value is -4.03. The molecule has 2 N–H and O–H groups in total. The molecule has 1 aromatic heterocycles. The van der Waals surface area contributed by atoms with E-state index in [1.54, 1.807) is 12.1 Å². The largest absolute Gasteiger partial charge is 0.480 e. The van der Waals surface area contributed by atoms with Crippen molar-refractivity contribution >= 4 is 23.5 Å². The summed E-state index contributed by atoms with van der Waals surface area (Å²) in [7, 11) is 0.